The zero-order chi connectivity index (χ0) is 7.78. The van der Waals surface area contributed by atoms with Gasteiger partial charge in [0.05, 0.1) is 0 Å². The minimum atomic E-state index is -0.734. The molecule has 3 heteroatoms. The Kier molecular flexibility index (Phi) is 1.68. The summed E-state index contributed by atoms with van der Waals surface area (Å²) in [6, 6.07) is -0.354. The second-order valence-corrected chi connectivity index (χ2v) is 3.46. The van der Waals surface area contributed by atoms with E-state index < -0.39 is 5.97 Å². The number of aliphatic carboxylic acids is 1. The average molecular weight is 143 g/mol. The van der Waals surface area contributed by atoms with Gasteiger partial charge in [-0.15, -0.1) is 0 Å². The van der Waals surface area contributed by atoms with Crippen LogP contribution in [0.25, 0.3) is 0 Å². The van der Waals surface area contributed by atoms with E-state index in [-0.39, 0.29) is 11.5 Å². The number of carboxylic acids is 1. The van der Waals surface area contributed by atoms with E-state index in [1.54, 1.807) is 0 Å². The van der Waals surface area contributed by atoms with Gasteiger partial charge in [0, 0.05) is 0 Å². The number of rotatable bonds is 1. The lowest BCUT2D eigenvalue weighted by Crippen LogP contribution is -2.39. The molecule has 1 unspecified atom stereocenters. The van der Waals surface area contributed by atoms with E-state index in [0.717, 1.165) is 13.0 Å². The van der Waals surface area contributed by atoms with Crippen LogP contribution in [-0.4, -0.2) is 23.7 Å². The Hall–Kier alpha value is -0.570. The second-order valence-electron chi connectivity index (χ2n) is 3.46. The van der Waals surface area contributed by atoms with E-state index in [1.807, 2.05) is 13.8 Å². The molecule has 0 radical (unpaired) electrons. The fourth-order valence-corrected chi connectivity index (χ4v) is 1.38. The molecule has 1 aliphatic rings. The van der Waals surface area contributed by atoms with Crippen LogP contribution in [0.3, 0.4) is 0 Å². The summed E-state index contributed by atoms with van der Waals surface area (Å²) >= 11 is 0. The fourth-order valence-electron chi connectivity index (χ4n) is 1.38. The maximum absolute atomic E-state index is 10.6. The van der Waals surface area contributed by atoms with Gasteiger partial charge in [-0.3, -0.25) is 4.79 Å². The van der Waals surface area contributed by atoms with E-state index in [0.29, 0.717) is 0 Å². The fraction of sp³-hybridized carbons (Fsp3) is 0.857. The largest absolute Gasteiger partial charge is 0.480 e. The summed E-state index contributed by atoms with van der Waals surface area (Å²) in [6.07, 6.45) is 0.948. The van der Waals surface area contributed by atoms with E-state index in [9.17, 15) is 4.79 Å². The Bertz CT molecular complexity index is 154. The molecule has 0 aromatic rings. The van der Waals surface area contributed by atoms with Crippen molar-refractivity contribution in [1.29, 1.82) is 0 Å². The number of hydrogen-bond acceptors (Lipinski definition) is 2. The van der Waals surface area contributed by atoms with Crippen LogP contribution in [0.1, 0.15) is 20.3 Å². The predicted molar refractivity (Wildman–Crippen MR) is 37.8 cm³/mol. The maximum atomic E-state index is 10.6. The Morgan fingerprint density at radius 1 is 1.70 bits per heavy atom. The third-order valence-corrected chi connectivity index (χ3v) is 2.15. The zero-order valence-corrected chi connectivity index (χ0v) is 6.35. The summed E-state index contributed by atoms with van der Waals surface area (Å²) < 4.78 is 0. The highest BCUT2D eigenvalue weighted by Gasteiger charge is 2.38. The molecule has 0 amide bonds. The minimum Gasteiger partial charge on any atom is -0.480 e. The van der Waals surface area contributed by atoms with Gasteiger partial charge in [-0.1, -0.05) is 13.8 Å². The standard InChI is InChI=1S/C7H13NO2/c1-7(2)3-4-8-5(7)6(9)10/h5,8H,3-4H2,1-2H3,(H,9,10). The molecule has 2 N–H and O–H groups in total. The summed E-state index contributed by atoms with van der Waals surface area (Å²) in [5.41, 5.74) is -0.0775. The quantitative estimate of drug-likeness (QED) is 0.560. The molecule has 0 aromatic heterocycles. The molecule has 1 aliphatic heterocycles. The molecular formula is C7H13NO2. The molecule has 58 valence electrons. The zero-order valence-electron chi connectivity index (χ0n) is 6.35. The van der Waals surface area contributed by atoms with Crippen LogP contribution in [0.15, 0.2) is 0 Å². The van der Waals surface area contributed by atoms with Gasteiger partial charge in [0.15, 0.2) is 0 Å². The van der Waals surface area contributed by atoms with E-state index in [4.69, 9.17) is 5.11 Å². The van der Waals surface area contributed by atoms with Gasteiger partial charge in [0.2, 0.25) is 0 Å². The van der Waals surface area contributed by atoms with Crippen molar-refractivity contribution in [2.75, 3.05) is 6.54 Å². The second kappa shape index (κ2) is 2.23. The van der Waals surface area contributed by atoms with Gasteiger partial charge < -0.3 is 10.4 Å². The molecule has 1 saturated heterocycles. The summed E-state index contributed by atoms with van der Waals surface area (Å²) in [5, 5.41) is 11.6. The van der Waals surface area contributed by atoms with Crippen molar-refractivity contribution in [3.8, 4) is 0 Å². The van der Waals surface area contributed by atoms with Crippen molar-refractivity contribution in [3.63, 3.8) is 0 Å². The van der Waals surface area contributed by atoms with E-state index in [1.165, 1.54) is 0 Å². The van der Waals surface area contributed by atoms with Crippen molar-refractivity contribution in [2.45, 2.75) is 26.3 Å². The predicted octanol–water partition coefficient (Wildman–Crippen LogP) is 0.459. The molecule has 10 heavy (non-hydrogen) atoms. The lowest BCUT2D eigenvalue weighted by atomic mass is 9.85. The lowest BCUT2D eigenvalue weighted by molar-refractivity contribution is -0.141. The molecule has 0 aromatic carbocycles. The van der Waals surface area contributed by atoms with Crippen molar-refractivity contribution in [2.24, 2.45) is 5.41 Å². The third kappa shape index (κ3) is 1.14. The molecule has 1 heterocycles. The topological polar surface area (TPSA) is 49.3 Å². The first kappa shape index (κ1) is 7.54. The lowest BCUT2D eigenvalue weighted by Gasteiger charge is -2.21. The monoisotopic (exact) mass is 143 g/mol. The smallest absolute Gasteiger partial charge is 0.321 e. The van der Waals surface area contributed by atoms with Gasteiger partial charge in [-0.05, 0) is 18.4 Å². The Morgan fingerprint density at radius 3 is 2.50 bits per heavy atom. The molecule has 1 fully saturated rings. The SMILES string of the molecule is CC1(C)CCNC1C(=O)O. The van der Waals surface area contributed by atoms with Gasteiger partial charge in [-0.2, -0.15) is 0 Å². The van der Waals surface area contributed by atoms with Crippen LogP contribution in [0, 0.1) is 5.41 Å². The van der Waals surface area contributed by atoms with Crippen molar-refractivity contribution < 1.29 is 9.90 Å². The van der Waals surface area contributed by atoms with Gasteiger partial charge in [0.1, 0.15) is 6.04 Å². The van der Waals surface area contributed by atoms with Gasteiger partial charge in [0.25, 0.3) is 0 Å². The molecule has 0 saturated carbocycles. The minimum absolute atomic E-state index is 0.0775. The Morgan fingerprint density at radius 2 is 2.30 bits per heavy atom. The molecule has 3 nitrogen and oxygen atoms in total. The highest BCUT2D eigenvalue weighted by Crippen LogP contribution is 2.29. The van der Waals surface area contributed by atoms with Gasteiger partial charge in [-0.25, -0.2) is 0 Å². The molecule has 1 rings (SSSR count). The third-order valence-electron chi connectivity index (χ3n) is 2.15. The van der Waals surface area contributed by atoms with Crippen LogP contribution in [0.4, 0.5) is 0 Å². The number of hydrogen-bond donors (Lipinski definition) is 2. The molecular weight excluding hydrogens is 130 g/mol. The number of carboxylic acid groups (broad SMARTS) is 1. The van der Waals surface area contributed by atoms with Gasteiger partial charge >= 0.3 is 5.97 Å². The Labute approximate surface area is 60.4 Å². The van der Waals surface area contributed by atoms with E-state index >= 15 is 0 Å². The summed E-state index contributed by atoms with van der Waals surface area (Å²) in [5.74, 6) is -0.734. The highest BCUT2D eigenvalue weighted by atomic mass is 16.4. The van der Waals surface area contributed by atoms with Crippen molar-refractivity contribution >= 4 is 5.97 Å². The summed E-state index contributed by atoms with van der Waals surface area (Å²) in [6.45, 7) is 4.78. The molecule has 0 aliphatic carbocycles. The highest BCUT2D eigenvalue weighted by molar-refractivity contribution is 5.75. The molecule has 1 atom stereocenters. The van der Waals surface area contributed by atoms with Crippen molar-refractivity contribution in [1.82, 2.24) is 5.32 Å². The molecule has 0 bridgehead atoms. The van der Waals surface area contributed by atoms with E-state index in [2.05, 4.69) is 5.32 Å². The van der Waals surface area contributed by atoms with Crippen molar-refractivity contribution in [3.05, 3.63) is 0 Å². The first-order chi connectivity index (χ1) is 4.54. The first-order valence-corrected chi connectivity index (χ1v) is 3.50. The molecule has 0 spiro atoms. The number of carbonyl (C=O) groups is 1. The van der Waals surface area contributed by atoms with Crippen LogP contribution in [0.2, 0.25) is 0 Å². The van der Waals surface area contributed by atoms with Crippen LogP contribution >= 0.6 is 0 Å². The number of nitrogens with one attached hydrogen (secondary N) is 1. The van der Waals surface area contributed by atoms with Crippen LogP contribution in [-0.2, 0) is 4.79 Å². The maximum Gasteiger partial charge on any atom is 0.321 e. The average Bonchev–Trinajstić information content (AvgIpc) is 2.08. The van der Waals surface area contributed by atoms with Crippen LogP contribution < -0.4 is 5.32 Å². The first-order valence-electron chi connectivity index (χ1n) is 3.50. The van der Waals surface area contributed by atoms with Crippen LogP contribution in [0.5, 0.6) is 0 Å². The summed E-state index contributed by atoms with van der Waals surface area (Å²) in [4.78, 5) is 10.6. The Balaban J connectivity index is 2.68. The summed E-state index contributed by atoms with van der Waals surface area (Å²) in [7, 11) is 0. The normalized spacial score (nSPS) is 30.4.